The summed E-state index contributed by atoms with van der Waals surface area (Å²) in [5.41, 5.74) is 1.22. The second-order valence-electron chi connectivity index (χ2n) is 6.93. The highest BCUT2D eigenvalue weighted by molar-refractivity contribution is 5.83. The number of rotatable bonds is 8. The van der Waals surface area contributed by atoms with Crippen LogP contribution in [0.25, 0.3) is 10.8 Å². The molecule has 1 saturated heterocycles. The molecule has 4 heteroatoms. The summed E-state index contributed by atoms with van der Waals surface area (Å²) in [4.78, 5) is 14.6. The quantitative estimate of drug-likeness (QED) is 0.803. The van der Waals surface area contributed by atoms with E-state index in [1.54, 1.807) is 7.11 Å². The van der Waals surface area contributed by atoms with E-state index in [0.717, 1.165) is 45.6 Å². The van der Waals surface area contributed by atoms with Crippen LogP contribution in [0.2, 0.25) is 0 Å². The number of hydrogen-bond donors (Lipinski definition) is 1. The van der Waals surface area contributed by atoms with Gasteiger partial charge in [-0.15, -0.1) is 0 Å². The Hall–Kier alpha value is -1.91. The summed E-state index contributed by atoms with van der Waals surface area (Å²) in [6.07, 6.45) is 2.51. The molecule has 0 saturated carbocycles. The van der Waals surface area contributed by atoms with Crippen LogP contribution in [0.5, 0.6) is 0 Å². The zero-order valence-corrected chi connectivity index (χ0v) is 15.0. The number of carbonyl (C=O) groups is 1. The molecule has 0 spiro atoms. The lowest BCUT2D eigenvalue weighted by molar-refractivity contribution is -0.121. The molecule has 2 aromatic rings. The number of methoxy groups -OCH3 is 1. The Kier molecular flexibility index (Phi) is 6.42. The number of ether oxygens (including phenoxy) is 1. The van der Waals surface area contributed by atoms with Gasteiger partial charge in [0.1, 0.15) is 0 Å². The van der Waals surface area contributed by atoms with Crippen molar-refractivity contribution < 1.29 is 9.53 Å². The van der Waals surface area contributed by atoms with Crippen LogP contribution in [0, 0.1) is 5.92 Å². The molecule has 1 amide bonds. The standard InChI is InChI=1S/C21H28N2O2/c1-25-13-12-23-11-10-18(16-23)15-22-21(24)9-7-17-6-8-19-4-2-3-5-20(19)14-17/h2-6,8,14,18H,7,9-13,15-16H2,1H3,(H,22,24). The molecule has 0 aromatic heterocycles. The zero-order chi connectivity index (χ0) is 17.5. The molecule has 3 rings (SSSR count). The molecule has 0 radical (unpaired) electrons. The second kappa shape index (κ2) is 8.97. The number of nitrogens with zero attached hydrogens (tertiary/aromatic N) is 1. The van der Waals surface area contributed by atoms with E-state index >= 15 is 0 Å². The normalized spacial score (nSPS) is 17.9. The molecular weight excluding hydrogens is 312 g/mol. The highest BCUT2D eigenvalue weighted by Crippen LogP contribution is 2.17. The van der Waals surface area contributed by atoms with Crippen molar-refractivity contribution in [3.8, 4) is 0 Å². The predicted molar refractivity (Wildman–Crippen MR) is 102 cm³/mol. The van der Waals surface area contributed by atoms with E-state index in [0.29, 0.717) is 12.3 Å². The second-order valence-corrected chi connectivity index (χ2v) is 6.93. The monoisotopic (exact) mass is 340 g/mol. The van der Waals surface area contributed by atoms with E-state index < -0.39 is 0 Å². The van der Waals surface area contributed by atoms with Crippen molar-refractivity contribution in [3.63, 3.8) is 0 Å². The number of amides is 1. The lowest BCUT2D eigenvalue weighted by Gasteiger charge is -2.15. The van der Waals surface area contributed by atoms with Gasteiger partial charge < -0.3 is 15.0 Å². The predicted octanol–water partition coefficient (Wildman–Crippen LogP) is 2.86. The number of benzene rings is 2. The summed E-state index contributed by atoms with van der Waals surface area (Å²) in [6, 6.07) is 14.8. The molecule has 1 aliphatic heterocycles. The van der Waals surface area contributed by atoms with Crippen LogP contribution in [0.15, 0.2) is 42.5 Å². The fourth-order valence-electron chi connectivity index (χ4n) is 3.50. The van der Waals surface area contributed by atoms with Gasteiger partial charge >= 0.3 is 0 Å². The van der Waals surface area contributed by atoms with Gasteiger partial charge in [-0.25, -0.2) is 0 Å². The number of carbonyl (C=O) groups excluding carboxylic acids is 1. The third-order valence-electron chi connectivity index (χ3n) is 5.02. The maximum Gasteiger partial charge on any atom is 0.220 e. The lowest BCUT2D eigenvalue weighted by atomic mass is 10.0. The minimum absolute atomic E-state index is 0.156. The zero-order valence-electron chi connectivity index (χ0n) is 15.0. The van der Waals surface area contributed by atoms with E-state index in [4.69, 9.17) is 4.74 Å². The van der Waals surface area contributed by atoms with Gasteiger partial charge in [0.05, 0.1) is 6.61 Å². The molecule has 2 aromatic carbocycles. The first-order valence-electron chi connectivity index (χ1n) is 9.20. The third kappa shape index (κ3) is 5.28. The molecule has 1 unspecified atom stereocenters. The molecule has 0 aliphatic carbocycles. The summed E-state index contributed by atoms with van der Waals surface area (Å²) in [5.74, 6) is 0.727. The smallest absolute Gasteiger partial charge is 0.220 e. The summed E-state index contributed by atoms with van der Waals surface area (Å²) in [7, 11) is 1.74. The first-order chi connectivity index (χ1) is 12.2. The minimum Gasteiger partial charge on any atom is -0.383 e. The molecule has 1 N–H and O–H groups in total. The Labute approximate surface area is 150 Å². The van der Waals surface area contributed by atoms with Crippen LogP contribution < -0.4 is 5.32 Å². The van der Waals surface area contributed by atoms with E-state index in [-0.39, 0.29) is 5.91 Å². The van der Waals surface area contributed by atoms with Crippen molar-refractivity contribution in [3.05, 3.63) is 48.0 Å². The van der Waals surface area contributed by atoms with Crippen molar-refractivity contribution in [2.75, 3.05) is 39.9 Å². The number of hydrogen-bond acceptors (Lipinski definition) is 3. The van der Waals surface area contributed by atoms with E-state index in [9.17, 15) is 4.79 Å². The number of fused-ring (bicyclic) bond motifs is 1. The SMILES string of the molecule is COCCN1CCC(CNC(=O)CCc2ccc3ccccc3c2)C1. The van der Waals surface area contributed by atoms with Crippen molar-refractivity contribution in [1.29, 1.82) is 0 Å². The van der Waals surface area contributed by atoms with Gasteiger partial charge in [0, 0.05) is 33.2 Å². The Balaban J connectivity index is 1.39. The third-order valence-corrected chi connectivity index (χ3v) is 5.02. The highest BCUT2D eigenvalue weighted by atomic mass is 16.5. The Bertz CT molecular complexity index is 701. The Morgan fingerprint density at radius 3 is 2.92 bits per heavy atom. The van der Waals surface area contributed by atoms with Crippen molar-refractivity contribution in [1.82, 2.24) is 10.2 Å². The molecule has 4 nitrogen and oxygen atoms in total. The van der Waals surface area contributed by atoms with E-state index in [1.165, 1.54) is 16.3 Å². The van der Waals surface area contributed by atoms with Crippen LogP contribution in [0.1, 0.15) is 18.4 Å². The lowest BCUT2D eigenvalue weighted by Crippen LogP contribution is -2.31. The molecule has 25 heavy (non-hydrogen) atoms. The fraction of sp³-hybridized carbons (Fsp3) is 0.476. The van der Waals surface area contributed by atoms with Gasteiger partial charge in [-0.2, -0.15) is 0 Å². The summed E-state index contributed by atoms with van der Waals surface area (Å²) in [6.45, 7) is 4.74. The molecule has 1 aliphatic rings. The molecule has 1 fully saturated rings. The van der Waals surface area contributed by atoms with E-state index in [2.05, 4.69) is 52.7 Å². The largest absolute Gasteiger partial charge is 0.383 e. The fourth-order valence-corrected chi connectivity index (χ4v) is 3.50. The van der Waals surface area contributed by atoms with Gasteiger partial charge in [-0.3, -0.25) is 4.79 Å². The summed E-state index contributed by atoms with van der Waals surface area (Å²) < 4.78 is 5.13. The topological polar surface area (TPSA) is 41.6 Å². The first kappa shape index (κ1) is 17.9. The van der Waals surface area contributed by atoms with Crippen molar-refractivity contribution >= 4 is 16.7 Å². The average Bonchev–Trinajstić information content (AvgIpc) is 3.10. The maximum absolute atomic E-state index is 12.1. The minimum atomic E-state index is 0.156. The summed E-state index contributed by atoms with van der Waals surface area (Å²) in [5, 5.41) is 5.60. The van der Waals surface area contributed by atoms with Gasteiger partial charge in [0.2, 0.25) is 5.91 Å². The number of aryl methyl sites for hydroxylation is 1. The first-order valence-corrected chi connectivity index (χ1v) is 9.20. The molecule has 1 heterocycles. The Morgan fingerprint density at radius 2 is 2.08 bits per heavy atom. The highest BCUT2D eigenvalue weighted by Gasteiger charge is 2.22. The molecule has 1 atom stereocenters. The molecule has 134 valence electrons. The summed E-state index contributed by atoms with van der Waals surface area (Å²) >= 11 is 0. The van der Waals surface area contributed by atoms with Gasteiger partial charge in [-0.1, -0.05) is 42.5 Å². The maximum atomic E-state index is 12.1. The van der Waals surface area contributed by atoms with E-state index in [1.807, 2.05) is 0 Å². The molecular formula is C21H28N2O2. The van der Waals surface area contributed by atoms with Crippen LogP contribution in [-0.4, -0.2) is 50.7 Å². The van der Waals surface area contributed by atoms with Gasteiger partial charge in [0.25, 0.3) is 0 Å². The van der Waals surface area contributed by atoms with Crippen LogP contribution >= 0.6 is 0 Å². The van der Waals surface area contributed by atoms with Crippen LogP contribution in [0.3, 0.4) is 0 Å². The molecule has 0 bridgehead atoms. The average molecular weight is 340 g/mol. The number of likely N-dealkylation sites (tertiary alicyclic amines) is 1. The van der Waals surface area contributed by atoms with Crippen LogP contribution in [-0.2, 0) is 16.0 Å². The van der Waals surface area contributed by atoms with Gasteiger partial charge in [0.15, 0.2) is 0 Å². The van der Waals surface area contributed by atoms with Crippen molar-refractivity contribution in [2.45, 2.75) is 19.3 Å². The van der Waals surface area contributed by atoms with Crippen molar-refractivity contribution in [2.24, 2.45) is 5.92 Å². The van der Waals surface area contributed by atoms with Crippen LogP contribution in [0.4, 0.5) is 0 Å². The number of nitrogens with one attached hydrogen (secondary N) is 1. The van der Waals surface area contributed by atoms with Gasteiger partial charge in [-0.05, 0) is 41.6 Å². The Morgan fingerprint density at radius 1 is 1.24 bits per heavy atom.